The summed E-state index contributed by atoms with van der Waals surface area (Å²) in [6, 6.07) is 12.1. The van der Waals surface area contributed by atoms with Gasteiger partial charge in [0.15, 0.2) is 0 Å². The van der Waals surface area contributed by atoms with E-state index in [9.17, 15) is 0 Å². The molecule has 0 saturated carbocycles. The summed E-state index contributed by atoms with van der Waals surface area (Å²) in [5.41, 5.74) is 9.96. The lowest BCUT2D eigenvalue weighted by Gasteiger charge is -2.14. The number of ether oxygens (including phenoxy) is 1. The van der Waals surface area contributed by atoms with E-state index in [1.165, 1.54) is 0 Å². The van der Waals surface area contributed by atoms with E-state index >= 15 is 0 Å². The monoisotopic (exact) mass is 284 g/mol. The minimum absolute atomic E-state index is 0.000940. The summed E-state index contributed by atoms with van der Waals surface area (Å²) in [6.07, 6.45) is 0. The lowest BCUT2D eigenvalue weighted by atomic mass is 10.0. The van der Waals surface area contributed by atoms with Gasteiger partial charge in [0.2, 0.25) is 0 Å². The molecule has 0 amide bonds. The number of pyridine rings is 1. The van der Waals surface area contributed by atoms with Gasteiger partial charge in [0, 0.05) is 17.3 Å². The van der Waals surface area contributed by atoms with Crippen LogP contribution in [0.3, 0.4) is 0 Å². The molecule has 112 valence electrons. The molecule has 0 fully saturated rings. The van der Waals surface area contributed by atoms with Crippen molar-refractivity contribution in [3.05, 3.63) is 47.7 Å². The maximum atomic E-state index is 5.95. The van der Waals surface area contributed by atoms with Crippen molar-refractivity contribution in [3.8, 4) is 17.0 Å². The highest BCUT2D eigenvalue weighted by Gasteiger charge is 2.11. The molecule has 1 aromatic heterocycles. The van der Waals surface area contributed by atoms with Gasteiger partial charge in [0.1, 0.15) is 5.75 Å². The summed E-state index contributed by atoms with van der Waals surface area (Å²) < 4.78 is 5.91. The number of para-hydroxylation sites is 1. The second-order valence-corrected chi connectivity index (χ2v) is 5.86. The predicted molar refractivity (Wildman–Crippen MR) is 87.3 cm³/mol. The lowest BCUT2D eigenvalue weighted by molar-refractivity contribution is 0.272. The van der Waals surface area contributed by atoms with Gasteiger partial charge in [-0.25, -0.2) is 0 Å². The molecule has 1 unspecified atom stereocenters. The first-order valence-electron chi connectivity index (χ1n) is 7.44. The molecular formula is C18H24N2O. The highest BCUT2D eigenvalue weighted by molar-refractivity contribution is 5.67. The minimum Gasteiger partial charge on any atom is -0.493 e. The zero-order chi connectivity index (χ0) is 15.4. The molecule has 0 saturated heterocycles. The molecule has 0 aliphatic carbocycles. The maximum absolute atomic E-state index is 5.95. The van der Waals surface area contributed by atoms with Crippen LogP contribution in [0, 0.1) is 12.8 Å². The SMILES string of the molecule is Cc1nc(-c2ccccc2OCC(C)C)ccc1C(C)N. The Morgan fingerprint density at radius 2 is 1.81 bits per heavy atom. The molecule has 0 radical (unpaired) electrons. The van der Waals surface area contributed by atoms with Crippen LogP contribution in [0.4, 0.5) is 0 Å². The summed E-state index contributed by atoms with van der Waals surface area (Å²) in [4.78, 5) is 4.69. The average Bonchev–Trinajstić information content (AvgIpc) is 2.45. The van der Waals surface area contributed by atoms with Crippen LogP contribution < -0.4 is 10.5 Å². The van der Waals surface area contributed by atoms with Crippen molar-refractivity contribution in [2.24, 2.45) is 11.7 Å². The van der Waals surface area contributed by atoms with E-state index in [1.54, 1.807) is 0 Å². The van der Waals surface area contributed by atoms with Gasteiger partial charge >= 0.3 is 0 Å². The summed E-state index contributed by atoms with van der Waals surface area (Å²) in [6.45, 7) is 8.96. The van der Waals surface area contributed by atoms with Gasteiger partial charge in [-0.2, -0.15) is 0 Å². The minimum atomic E-state index is -0.000940. The topological polar surface area (TPSA) is 48.1 Å². The molecule has 21 heavy (non-hydrogen) atoms. The van der Waals surface area contributed by atoms with E-state index in [0.29, 0.717) is 12.5 Å². The van der Waals surface area contributed by atoms with E-state index in [-0.39, 0.29) is 6.04 Å². The van der Waals surface area contributed by atoms with Gasteiger partial charge < -0.3 is 10.5 Å². The van der Waals surface area contributed by atoms with Crippen molar-refractivity contribution in [1.82, 2.24) is 4.98 Å². The molecule has 1 atom stereocenters. The van der Waals surface area contributed by atoms with Crippen LogP contribution in [0.5, 0.6) is 5.75 Å². The molecule has 1 heterocycles. The number of aromatic nitrogens is 1. The Morgan fingerprint density at radius 3 is 2.43 bits per heavy atom. The van der Waals surface area contributed by atoms with Crippen molar-refractivity contribution < 1.29 is 4.74 Å². The zero-order valence-corrected chi connectivity index (χ0v) is 13.3. The predicted octanol–water partition coefficient (Wildman–Crippen LogP) is 4.11. The molecule has 1 aromatic carbocycles. The van der Waals surface area contributed by atoms with E-state index in [1.807, 2.05) is 44.2 Å². The fraction of sp³-hybridized carbons (Fsp3) is 0.389. The first kappa shape index (κ1) is 15.5. The van der Waals surface area contributed by atoms with Crippen LogP contribution in [-0.2, 0) is 0 Å². The summed E-state index contributed by atoms with van der Waals surface area (Å²) in [5, 5.41) is 0. The second-order valence-electron chi connectivity index (χ2n) is 5.86. The summed E-state index contributed by atoms with van der Waals surface area (Å²) >= 11 is 0. The number of hydrogen-bond donors (Lipinski definition) is 1. The number of rotatable bonds is 5. The highest BCUT2D eigenvalue weighted by atomic mass is 16.5. The molecule has 2 N–H and O–H groups in total. The first-order valence-corrected chi connectivity index (χ1v) is 7.44. The van der Waals surface area contributed by atoms with Gasteiger partial charge in [-0.05, 0) is 43.5 Å². The van der Waals surface area contributed by atoms with Crippen LogP contribution in [-0.4, -0.2) is 11.6 Å². The van der Waals surface area contributed by atoms with Crippen LogP contribution in [0.15, 0.2) is 36.4 Å². The molecule has 0 aliphatic rings. The van der Waals surface area contributed by atoms with Gasteiger partial charge in [0.05, 0.1) is 12.3 Å². The van der Waals surface area contributed by atoms with Gasteiger partial charge in [-0.15, -0.1) is 0 Å². The zero-order valence-electron chi connectivity index (χ0n) is 13.3. The highest BCUT2D eigenvalue weighted by Crippen LogP contribution is 2.30. The van der Waals surface area contributed by atoms with E-state index in [4.69, 9.17) is 15.5 Å². The second kappa shape index (κ2) is 6.72. The smallest absolute Gasteiger partial charge is 0.128 e. The van der Waals surface area contributed by atoms with E-state index in [0.717, 1.165) is 28.3 Å². The molecule has 0 bridgehead atoms. The molecule has 3 heteroatoms. The Bertz CT molecular complexity index is 606. The van der Waals surface area contributed by atoms with Crippen molar-refractivity contribution in [2.45, 2.75) is 33.7 Å². The maximum Gasteiger partial charge on any atom is 0.128 e. The molecule has 2 aromatic rings. The van der Waals surface area contributed by atoms with Gasteiger partial charge in [-0.1, -0.05) is 32.0 Å². The standard InChI is InChI=1S/C18H24N2O/c1-12(2)11-21-18-8-6-5-7-16(18)17-10-9-15(13(3)19)14(4)20-17/h5-10,12-13H,11,19H2,1-4H3. The fourth-order valence-corrected chi connectivity index (χ4v) is 2.26. The van der Waals surface area contributed by atoms with Gasteiger partial charge in [0.25, 0.3) is 0 Å². The molecule has 0 aliphatic heterocycles. The third kappa shape index (κ3) is 3.82. The third-order valence-electron chi connectivity index (χ3n) is 3.35. The average molecular weight is 284 g/mol. The lowest BCUT2D eigenvalue weighted by Crippen LogP contribution is -2.08. The fourth-order valence-electron chi connectivity index (χ4n) is 2.26. The van der Waals surface area contributed by atoms with Crippen molar-refractivity contribution in [1.29, 1.82) is 0 Å². The van der Waals surface area contributed by atoms with Crippen molar-refractivity contribution in [3.63, 3.8) is 0 Å². The molecule has 3 nitrogen and oxygen atoms in total. The Balaban J connectivity index is 2.35. The number of nitrogens with zero attached hydrogens (tertiary/aromatic N) is 1. The van der Waals surface area contributed by atoms with E-state index < -0.39 is 0 Å². The molecular weight excluding hydrogens is 260 g/mol. The number of aryl methyl sites for hydroxylation is 1. The quantitative estimate of drug-likeness (QED) is 0.898. The first-order chi connectivity index (χ1) is 9.99. The van der Waals surface area contributed by atoms with Crippen LogP contribution in [0.1, 0.15) is 38.1 Å². The Labute approximate surface area is 127 Å². The number of nitrogens with two attached hydrogens (primary N) is 1. The Hall–Kier alpha value is -1.87. The third-order valence-corrected chi connectivity index (χ3v) is 3.35. The van der Waals surface area contributed by atoms with Crippen molar-refractivity contribution >= 4 is 0 Å². The van der Waals surface area contributed by atoms with Crippen LogP contribution >= 0.6 is 0 Å². The van der Waals surface area contributed by atoms with Crippen molar-refractivity contribution in [2.75, 3.05) is 6.61 Å². The largest absolute Gasteiger partial charge is 0.493 e. The van der Waals surface area contributed by atoms with E-state index in [2.05, 4.69) is 19.9 Å². The van der Waals surface area contributed by atoms with Crippen LogP contribution in [0.2, 0.25) is 0 Å². The molecule has 2 rings (SSSR count). The normalized spacial score (nSPS) is 12.5. The Kier molecular flexibility index (Phi) is 4.97. The number of hydrogen-bond acceptors (Lipinski definition) is 3. The number of benzene rings is 1. The molecule has 0 spiro atoms. The van der Waals surface area contributed by atoms with Gasteiger partial charge in [-0.3, -0.25) is 4.98 Å². The summed E-state index contributed by atoms with van der Waals surface area (Å²) in [7, 11) is 0. The van der Waals surface area contributed by atoms with Crippen LogP contribution in [0.25, 0.3) is 11.3 Å². The Morgan fingerprint density at radius 1 is 1.10 bits per heavy atom. The summed E-state index contributed by atoms with van der Waals surface area (Å²) in [5.74, 6) is 1.37.